The van der Waals surface area contributed by atoms with Gasteiger partial charge in [0.1, 0.15) is 64.6 Å². The van der Waals surface area contributed by atoms with Crippen molar-refractivity contribution >= 4 is 22.8 Å². The monoisotopic (exact) mass is 834 g/mol. The maximum Gasteiger partial charge on any atom is 0.336 e. The number of carboxylic acids is 1. The number of phenols is 2. The van der Waals surface area contributed by atoms with Gasteiger partial charge in [-0.2, -0.15) is 0 Å². The number of fused-ring (bicyclic) bond motifs is 1. The number of nitrogen functional groups attached to an aromatic ring is 1. The number of hydrogen-bond acceptors (Lipinski definition) is 17. The maximum atomic E-state index is 13.7. The molecule has 0 unspecified atom stereocenters. The third kappa shape index (κ3) is 8.56. The number of aliphatic hydroxyl groups is 5. The summed E-state index contributed by atoms with van der Waals surface area (Å²) in [7, 11) is 0. The number of aromatic amines is 1. The zero-order valence-electron chi connectivity index (χ0n) is 32.1. The minimum atomic E-state index is -2.47. The molecule has 320 valence electrons. The fraction of sp³-hybridized carbons (Fsp3) is 0.366. The van der Waals surface area contributed by atoms with Gasteiger partial charge in [-0.05, 0) is 72.5 Å². The number of aromatic hydroxyl groups is 2. The Bertz CT molecular complexity index is 2380. The molecule has 5 aromatic rings. The Balaban J connectivity index is 1.22. The highest BCUT2D eigenvalue weighted by Gasteiger charge is 2.59. The number of aliphatic hydroxyl groups excluding tert-OH is 4. The number of aliphatic carboxylic acids is 1. The standard InChI is InChI=1S/C41H46N4O15/c1-2-19-9-20(11-23(47)10-19)17-56-36-29(59-40-35(51)37(52)41(55,38(60-40)39(53)54)14-22-15-43-18-44-22)13-28-32(34(36)50)26(48)12-27(58-28)21-3-5-24(6-4-21)57-30(16-46)33(49)25-7-8-31(42)45-25/h3-13,22,30,33,35,37-38,40,43-47,49-52,55H,2,14-18,42H2,1H3,(H,53,54)/t22-,30-,33-,35-,37+,38-,40-,41+/m1/s1. The summed E-state index contributed by atoms with van der Waals surface area (Å²) in [5.74, 6) is -2.73. The zero-order chi connectivity index (χ0) is 42.9. The van der Waals surface area contributed by atoms with Gasteiger partial charge in [0.25, 0.3) is 0 Å². The van der Waals surface area contributed by atoms with E-state index in [9.17, 15) is 50.4 Å². The second-order valence-corrected chi connectivity index (χ2v) is 14.7. The number of ether oxygens (including phenoxy) is 4. The maximum absolute atomic E-state index is 13.7. The van der Waals surface area contributed by atoms with Crippen molar-refractivity contribution in [3.05, 3.63) is 93.8 Å². The molecule has 19 nitrogen and oxygen atoms in total. The first-order chi connectivity index (χ1) is 28.7. The smallest absolute Gasteiger partial charge is 0.336 e. The number of nitrogens with one attached hydrogen (secondary N) is 3. The first-order valence-corrected chi connectivity index (χ1v) is 19.0. The molecular formula is C41H46N4O15. The van der Waals surface area contributed by atoms with E-state index >= 15 is 0 Å². The molecule has 0 radical (unpaired) electrons. The number of benzene rings is 3. The van der Waals surface area contributed by atoms with E-state index in [1.807, 2.05) is 6.92 Å². The number of hydrogen-bond donors (Lipinski definition) is 12. The summed E-state index contributed by atoms with van der Waals surface area (Å²) in [4.78, 5) is 29.0. The zero-order valence-corrected chi connectivity index (χ0v) is 32.1. The Morgan fingerprint density at radius 3 is 2.45 bits per heavy atom. The summed E-state index contributed by atoms with van der Waals surface area (Å²) < 4.78 is 29.5. The fourth-order valence-corrected chi connectivity index (χ4v) is 7.42. The summed E-state index contributed by atoms with van der Waals surface area (Å²) in [6.07, 6.45) is -10.3. The number of aryl methyl sites for hydroxylation is 1. The van der Waals surface area contributed by atoms with E-state index in [1.165, 1.54) is 18.2 Å². The van der Waals surface area contributed by atoms with Gasteiger partial charge in [-0.25, -0.2) is 4.79 Å². The lowest BCUT2D eigenvalue weighted by Crippen LogP contribution is -2.70. The normalized spacial score (nSPS) is 23.9. The Labute approximate surface area is 341 Å². The van der Waals surface area contributed by atoms with Crippen LogP contribution in [0.2, 0.25) is 0 Å². The van der Waals surface area contributed by atoms with Crippen molar-refractivity contribution in [1.29, 1.82) is 0 Å². The minimum absolute atomic E-state index is 0.0147. The molecule has 2 aliphatic rings. The number of phenolic OH excluding ortho intramolecular Hbond substituents is 2. The first-order valence-electron chi connectivity index (χ1n) is 19.0. The van der Waals surface area contributed by atoms with Crippen molar-refractivity contribution in [2.75, 3.05) is 25.6 Å². The van der Waals surface area contributed by atoms with Gasteiger partial charge < -0.3 is 85.6 Å². The second kappa shape index (κ2) is 17.4. The van der Waals surface area contributed by atoms with E-state index < -0.39 is 83.7 Å². The highest BCUT2D eigenvalue weighted by molar-refractivity contribution is 5.89. The number of rotatable bonds is 15. The van der Waals surface area contributed by atoms with Crippen LogP contribution < -0.4 is 36.0 Å². The third-order valence-corrected chi connectivity index (χ3v) is 10.5. The van der Waals surface area contributed by atoms with Crippen molar-refractivity contribution in [2.24, 2.45) is 0 Å². The molecule has 60 heavy (non-hydrogen) atoms. The van der Waals surface area contributed by atoms with Crippen molar-refractivity contribution in [3.63, 3.8) is 0 Å². The minimum Gasteiger partial charge on any atom is -0.508 e. The lowest BCUT2D eigenvalue weighted by molar-refractivity contribution is -0.307. The average Bonchev–Trinajstić information content (AvgIpc) is 3.91. The van der Waals surface area contributed by atoms with Gasteiger partial charge in [0, 0.05) is 42.6 Å². The molecule has 0 amide bonds. The van der Waals surface area contributed by atoms with E-state index in [0.29, 0.717) is 42.3 Å². The Kier molecular flexibility index (Phi) is 12.2. The summed E-state index contributed by atoms with van der Waals surface area (Å²) in [6.45, 7) is 1.79. The number of carboxylic acid groups (broad SMARTS) is 1. The predicted molar refractivity (Wildman–Crippen MR) is 211 cm³/mol. The topological polar surface area (TPSA) is 312 Å². The third-order valence-electron chi connectivity index (χ3n) is 10.5. The molecule has 7 rings (SSSR count). The lowest BCUT2D eigenvalue weighted by Gasteiger charge is -2.47. The Morgan fingerprint density at radius 1 is 1.05 bits per heavy atom. The van der Waals surface area contributed by atoms with Crippen LogP contribution in [0.1, 0.15) is 36.3 Å². The molecule has 2 fully saturated rings. The van der Waals surface area contributed by atoms with Crippen LogP contribution in [0, 0.1) is 0 Å². The highest BCUT2D eigenvalue weighted by atomic mass is 16.7. The molecule has 19 heteroatoms. The van der Waals surface area contributed by atoms with Gasteiger partial charge in [-0.1, -0.05) is 13.0 Å². The van der Waals surface area contributed by atoms with Gasteiger partial charge in [0.05, 0.1) is 6.61 Å². The number of carbonyl (C=O) groups is 1. The van der Waals surface area contributed by atoms with Gasteiger partial charge in [-0.3, -0.25) is 4.79 Å². The van der Waals surface area contributed by atoms with Crippen molar-refractivity contribution < 1.29 is 69.0 Å². The van der Waals surface area contributed by atoms with Crippen LogP contribution in [0.5, 0.6) is 28.7 Å². The van der Waals surface area contributed by atoms with Crippen molar-refractivity contribution in [3.8, 4) is 40.1 Å². The van der Waals surface area contributed by atoms with Crippen LogP contribution in [0.25, 0.3) is 22.3 Å². The number of H-pyrrole nitrogens is 1. The summed E-state index contributed by atoms with van der Waals surface area (Å²) in [5.41, 5.74) is 4.23. The largest absolute Gasteiger partial charge is 0.508 e. The SMILES string of the molecule is CCc1cc(O)cc(COc2c(O[C@@H]3O[C@H](C(=O)O)[C@](O)(C[C@@H]4CNCN4)[C@@H](O)[C@H]3O)cc3oc(-c4ccc(O[C@H](CO)[C@H](O)c5ccc(N)[nH]5)cc4)cc(=O)c3c2O)c1. The highest BCUT2D eigenvalue weighted by Crippen LogP contribution is 2.45. The molecule has 0 aliphatic carbocycles. The molecule has 3 aromatic carbocycles. The summed E-state index contributed by atoms with van der Waals surface area (Å²) in [6, 6.07) is 15.8. The lowest BCUT2D eigenvalue weighted by atomic mass is 9.79. The number of aromatic nitrogens is 1. The van der Waals surface area contributed by atoms with Crippen LogP contribution in [0.4, 0.5) is 5.82 Å². The molecule has 13 N–H and O–H groups in total. The Morgan fingerprint density at radius 2 is 1.80 bits per heavy atom. The molecule has 0 spiro atoms. The molecule has 0 bridgehead atoms. The van der Waals surface area contributed by atoms with Crippen LogP contribution in [-0.4, -0.2) is 114 Å². The van der Waals surface area contributed by atoms with Crippen LogP contribution in [0.3, 0.4) is 0 Å². The van der Waals surface area contributed by atoms with E-state index in [4.69, 9.17) is 29.1 Å². The van der Waals surface area contributed by atoms with E-state index in [-0.39, 0.29) is 41.3 Å². The fourth-order valence-electron chi connectivity index (χ4n) is 7.42. The van der Waals surface area contributed by atoms with E-state index in [2.05, 4.69) is 15.6 Å². The number of nitrogens with two attached hydrogens (primary N) is 1. The van der Waals surface area contributed by atoms with Crippen LogP contribution >= 0.6 is 0 Å². The quantitative estimate of drug-likeness (QED) is 0.0698. The predicted octanol–water partition coefficient (Wildman–Crippen LogP) is 0.946. The van der Waals surface area contributed by atoms with Gasteiger partial charge in [-0.15, -0.1) is 0 Å². The molecule has 8 atom stereocenters. The second-order valence-electron chi connectivity index (χ2n) is 14.7. The van der Waals surface area contributed by atoms with Crippen LogP contribution in [0.15, 0.2) is 75.9 Å². The summed E-state index contributed by atoms with van der Waals surface area (Å²) in [5, 5.41) is 92.3. The molecule has 2 saturated heterocycles. The molecule has 2 aromatic heterocycles. The molecule has 4 heterocycles. The Hall–Kier alpha value is -5.90. The first kappa shape index (κ1) is 42.2. The van der Waals surface area contributed by atoms with E-state index in [1.54, 1.807) is 36.4 Å². The summed E-state index contributed by atoms with van der Waals surface area (Å²) >= 11 is 0. The van der Waals surface area contributed by atoms with Crippen molar-refractivity contribution in [1.82, 2.24) is 15.6 Å². The molecule has 2 aliphatic heterocycles. The molecular weight excluding hydrogens is 788 g/mol. The average molecular weight is 835 g/mol. The van der Waals surface area contributed by atoms with E-state index in [0.717, 1.165) is 17.7 Å². The van der Waals surface area contributed by atoms with Gasteiger partial charge >= 0.3 is 5.97 Å². The van der Waals surface area contributed by atoms with Crippen LogP contribution in [-0.2, 0) is 22.6 Å². The van der Waals surface area contributed by atoms with Gasteiger partial charge in [0.2, 0.25) is 12.0 Å². The molecule has 0 saturated carbocycles. The number of anilines is 1. The van der Waals surface area contributed by atoms with Gasteiger partial charge in [0.15, 0.2) is 29.1 Å². The van der Waals surface area contributed by atoms with Crippen molar-refractivity contribution in [2.45, 2.75) is 74.8 Å².